The SMILES string of the molecule is CCC=CCC=CCC=CCC=CCC=CCCCC(=O)NC1=C(C)C=CC(C)C1C. The maximum absolute atomic E-state index is 12.3. The molecule has 2 unspecified atom stereocenters. The van der Waals surface area contributed by atoms with Gasteiger partial charge in [0.05, 0.1) is 0 Å². The highest BCUT2D eigenvalue weighted by Crippen LogP contribution is 2.27. The molecule has 1 N–H and O–H groups in total. The van der Waals surface area contributed by atoms with E-state index in [4.69, 9.17) is 0 Å². The third-order valence-electron chi connectivity index (χ3n) is 5.53. The summed E-state index contributed by atoms with van der Waals surface area (Å²) in [6.45, 7) is 8.61. The van der Waals surface area contributed by atoms with Gasteiger partial charge in [0.2, 0.25) is 5.91 Å². The van der Waals surface area contributed by atoms with Gasteiger partial charge in [-0.05, 0) is 63.4 Å². The van der Waals surface area contributed by atoms with E-state index in [1.807, 2.05) is 0 Å². The summed E-state index contributed by atoms with van der Waals surface area (Å²) >= 11 is 0. The number of hydrogen-bond acceptors (Lipinski definition) is 1. The molecule has 0 saturated carbocycles. The molecule has 0 fully saturated rings. The van der Waals surface area contributed by atoms with Gasteiger partial charge < -0.3 is 5.32 Å². The van der Waals surface area contributed by atoms with Gasteiger partial charge in [-0.1, -0.05) is 93.7 Å². The van der Waals surface area contributed by atoms with Gasteiger partial charge in [-0.3, -0.25) is 4.79 Å². The van der Waals surface area contributed by atoms with Crippen LogP contribution in [0.3, 0.4) is 0 Å². The quantitative estimate of drug-likeness (QED) is 0.222. The molecule has 0 radical (unpaired) electrons. The van der Waals surface area contributed by atoms with Crippen LogP contribution in [0.4, 0.5) is 0 Å². The van der Waals surface area contributed by atoms with E-state index in [-0.39, 0.29) is 5.91 Å². The third-order valence-corrected chi connectivity index (χ3v) is 5.53. The first kappa shape index (κ1) is 26.7. The Kier molecular flexibility index (Phi) is 14.9. The van der Waals surface area contributed by atoms with Crippen molar-refractivity contribution in [3.05, 3.63) is 84.2 Å². The third kappa shape index (κ3) is 12.8. The largest absolute Gasteiger partial charge is 0.329 e. The van der Waals surface area contributed by atoms with Crippen LogP contribution in [-0.4, -0.2) is 5.91 Å². The van der Waals surface area contributed by atoms with Crippen molar-refractivity contribution in [2.75, 3.05) is 0 Å². The number of hydrogen-bond donors (Lipinski definition) is 1. The van der Waals surface area contributed by atoms with Crippen LogP contribution in [0.2, 0.25) is 0 Å². The lowest BCUT2D eigenvalue weighted by atomic mass is 9.85. The molecule has 0 aromatic rings. The van der Waals surface area contributed by atoms with E-state index >= 15 is 0 Å². The molecule has 0 spiro atoms. The predicted octanol–water partition coefficient (Wildman–Crippen LogP) is 8.14. The molecular weight excluding hydrogens is 378 g/mol. The van der Waals surface area contributed by atoms with E-state index in [0.29, 0.717) is 18.3 Å². The number of amides is 1. The summed E-state index contributed by atoms with van der Waals surface area (Å²) in [5.41, 5.74) is 2.27. The van der Waals surface area contributed by atoms with Crippen molar-refractivity contribution in [3.63, 3.8) is 0 Å². The second-order valence-electron chi connectivity index (χ2n) is 8.25. The van der Waals surface area contributed by atoms with Gasteiger partial charge in [0, 0.05) is 18.0 Å². The topological polar surface area (TPSA) is 29.1 Å². The number of rotatable bonds is 14. The van der Waals surface area contributed by atoms with Crippen LogP contribution in [0, 0.1) is 11.8 Å². The van der Waals surface area contributed by atoms with Crippen LogP contribution in [0.5, 0.6) is 0 Å². The van der Waals surface area contributed by atoms with E-state index < -0.39 is 0 Å². The summed E-state index contributed by atoms with van der Waals surface area (Å²) in [6, 6.07) is 0. The minimum Gasteiger partial charge on any atom is -0.329 e. The molecule has 1 aliphatic rings. The average Bonchev–Trinajstić information content (AvgIpc) is 2.76. The lowest BCUT2D eigenvalue weighted by molar-refractivity contribution is -0.120. The van der Waals surface area contributed by atoms with Crippen LogP contribution in [0.25, 0.3) is 0 Å². The Morgan fingerprint density at radius 1 is 0.871 bits per heavy atom. The Morgan fingerprint density at radius 2 is 1.39 bits per heavy atom. The highest BCUT2D eigenvalue weighted by atomic mass is 16.1. The molecule has 1 amide bonds. The molecular formula is C29H43NO. The second kappa shape index (κ2) is 17.3. The van der Waals surface area contributed by atoms with E-state index in [1.54, 1.807) is 0 Å². The first-order chi connectivity index (χ1) is 15.1. The zero-order chi connectivity index (χ0) is 22.7. The zero-order valence-electron chi connectivity index (χ0n) is 20.1. The average molecular weight is 422 g/mol. The normalized spacial score (nSPS) is 19.9. The minimum atomic E-state index is 0.135. The molecule has 0 heterocycles. The van der Waals surface area contributed by atoms with Gasteiger partial charge in [0.25, 0.3) is 0 Å². The Labute approximate surface area is 191 Å². The van der Waals surface area contributed by atoms with E-state index in [1.165, 1.54) is 5.57 Å². The summed E-state index contributed by atoms with van der Waals surface area (Å²) < 4.78 is 0. The summed E-state index contributed by atoms with van der Waals surface area (Å²) in [5.74, 6) is 0.983. The van der Waals surface area contributed by atoms with E-state index in [9.17, 15) is 4.79 Å². The van der Waals surface area contributed by atoms with Gasteiger partial charge in [-0.25, -0.2) is 0 Å². The number of carbonyl (C=O) groups is 1. The number of allylic oxidation sites excluding steroid dienone is 14. The minimum absolute atomic E-state index is 0.135. The first-order valence-electron chi connectivity index (χ1n) is 12.0. The van der Waals surface area contributed by atoms with Crippen molar-refractivity contribution >= 4 is 5.91 Å². The number of carbonyl (C=O) groups excluding carboxylic acids is 1. The first-order valence-corrected chi connectivity index (χ1v) is 12.0. The van der Waals surface area contributed by atoms with E-state index in [0.717, 1.165) is 50.6 Å². The molecule has 0 saturated heterocycles. The Hall–Kier alpha value is -2.35. The van der Waals surface area contributed by atoms with Crippen LogP contribution in [-0.2, 0) is 4.79 Å². The summed E-state index contributed by atoms with van der Waals surface area (Å²) in [7, 11) is 0. The number of unbranched alkanes of at least 4 members (excludes halogenated alkanes) is 1. The summed E-state index contributed by atoms with van der Waals surface area (Å²) in [6.07, 6.45) is 33.9. The standard InChI is InChI=1S/C29H43NO/c1-5-6-7-8-9-10-11-12-13-14-15-16-17-18-19-20-21-22-28(31)30-29-26(3)24-23-25(2)27(29)4/h6-7,9-10,12-13,15-16,18-19,23-25,27H,5,8,11,14,17,20-22H2,1-4H3,(H,30,31). The van der Waals surface area contributed by atoms with Gasteiger partial charge in [0.1, 0.15) is 0 Å². The van der Waals surface area contributed by atoms with Crippen molar-refractivity contribution < 1.29 is 4.79 Å². The Bertz CT molecular complexity index is 715. The fourth-order valence-corrected chi connectivity index (χ4v) is 3.35. The van der Waals surface area contributed by atoms with Crippen molar-refractivity contribution in [2.24, 2.45) is 11.8 Å². The van der Waals surface area contributed by atoms with E-state index in [2.05, 4.69) is 106 Å². The molecule has 2 nitrogen and oxygen atoms in total. The van der Waals surface area contributed by atoms with Crippen molar-refractivity contribution in [2.45, 2.75) is 79.1 Å². The molecule has 31 heavy (non-hydrogen) atoms. The van der Waals surface area contributed by atoms with Gasteiger partial charge >= 0.3 is 0 Å². The molecule has 0 aromatic heterocycles. The van der Waals surface area contributed by atoms with Crippen LogP contribution in [0.1, 0.15) is 79.1 Å². The van der Waals surface area contributed by atoms with Gasteiger partial charge in [-0.15, -0.1) is 0 Å². The molecule has 170 valence electrons. The monoisotopic (exact) mass is 421 g/mol. The lowest BCUT2D eigenvalue weighted by Crippen LogP contribution is -2.30. The molecule has 1 aliphatic carbocycles. The smallest absolute Gasteiger partial charge is 0.224 e. The fourth-order valence-electron chi connectivity index (χ4n) is 3.35. The molecule has 0 aromatic carbocycles. The van der Waals surface area contributed by atoms with Crippen LogP contribution in [0.15, 0.2) is 84.2 Å². The van der Waals surface area contributed by atoms with Crippen molar-refractivity contribution in [1.82, 2.24) is 5.32 Å². The summed E-state index contributed by atoms with van der Waals surface area (Å²) in [5, 5.41) is 3.14. The molecule has 1 rings (SSSR count). The molecule has 2 atom stereocenters. The fraction of sp³-hybridized carbons (Fsp3) is 0.483. The number of nitrogens with one attached hydrogen (secondary N) is 1. The maximum Gasteiger partial charge on any atom is 0.224 e. The van der Waals surface area contributed by atoms with Crippen LogP contribution < -0.4 is 5.32 Å². The van der Waals surface area contributed by atoms with Gasteiger partial charge in [0.15, 0.2) is 0 Å². The molecule has 0 aliphatic heterocycles. The zero-order valence-corrected chi connectivity index (χ0v) is 20.1. The Morgan fingerprint density at radius 3 is 1.94 bits per heavy atom. The van der Waals surface area contributed by atoms with Gasteiger partial charge in [-0.2, -0.15) is 0 Å². The van der Waals surface area contributed by atoms with Crippen molar-refractivity contribution in [3.8, 4) is 0 Å². The summed E-state index contributed by atoms with van der Waals surface area (Å²) in [4.78, 5) is 12.3. The Balaban J connectivity index is 2.08. The van der Waals surface area contributed by atoms with Crippen molar-refractivity contribution in [1.29, 1.82) is 0 Å². The lowest BCUT2D eigenvalue weighted by Gasteiger charge is -2.26. The molecule has 0 bridgehead atoms. The van der Waals surface area contributed by atoms with Crippen LogP contribution >= 0.6 is 0 Å². The molecule has 2 heteroatoms. The second-order valence-corrected chi connectivity index (χ2v) is 8.25. The highest BCUT2D eigenvalue weighted by Gasteiger charge is 2.21. The highest BCUT2D eigenvalue weighted by molar-refractivity contribution is 5.78. The maximum atomic E-state index is 12.3. The predicted molar refractivity (Wildman–Crippen MR) is 137 cm³/mol.